The Labute approximate surface area is 301 Å². The molecule has 0 fully saturated rings. The molecule has 0 aliphatic carbocycles. The number of rotatable bonds is 5. The monoisotopic (exact) mass is 808 g/mol. The third-order valence-electron chi connectivity index (χ3n) is 8.29. The largest absolute Gasteiger partial charge is 0.305 e. The Morgan fingerprint density at radius 2 is 1.12 bits per heavy atom. The van der Waals surface area contributed by atoms with E-state index in [-0.39, 0.29) is 20.1 Å². The molecule has 0 bridgehead atoms. The van der Waals surface area contributed by atoms with E-state index in [1.54, 1.807) is 0 Å². The Kier molecular flexibility index (Phi) is 10.6. The van der Waals surface area contributed by atoms with E-state index in [0.717, 1.165) is 50.1 Å². The maximum Gasteiger partial charge on any atom is 0.0792 e. The Balaban J connectivity index is 0.000000250. The summed E-state index contributed by atoms with van der Waals surface area (Å²) in [4.78, 5) is 13.7. The van der Waals surface area contributed by atoms with Gasteiger partial charge < -0.3 is 9.97 Å². The van der Waals surface area contributed by atoms with Crippen molar-refractivity contribution in [2.24, 2.45) is 0 Å². The second-order valence-corrected chi connectivity index (χ2v) is 11.7. The third kappa shape index (κ3) is 7.63. The first kappa shape index (κ1) is 33.4. The van der Waals surface area contributed by atoms with Gasteiger partial charge in [-0.1, -0.05) is 96.1 Å². The van der Waals surface area contributed by atoms with Crippen molar-refractivity contribution in [3.05, 3.63) is 187 Å². The maximum atomic E-state index is 4.91. The van der Waals surface area contributed by atoms with Crippen molar-refractivity contribution in [3.63, 3.8) is 0 Å². The zero-order chi connectivity index (χ0) is 32.7. The van der Waals surface area contributed by atoms with Gasteiger partial charge in [0.05, 0.1) is 5.52 Å². The van der Waals surface area contributed by atoms with Crippen LogP contribution >= 0.6 is 0 Å². The van der Waals surface area contributed by atoms with Crippen molar-refractivity contribution in [1.82, 2.24) is 15.0 Å². The smallest absolute Gasteiger partial charge is 0.0792 e. The number of hydrogen-bond donors (Lipinski definition) is 0. The van der Waals surface area contributed by atoms with E-state index in [1.165, 1.54) is 27.8 Å². The zero-order valence-corrected chi connectivity index (χ0v) is 29.7. The van der Waals surface area contributed by atoms with E-state index in [4.69, 9.17) is 4.98 Å². The molecule has 1 radical (unpaired) electrons. The van der Waals surface area contributed by atoms with Gasteiger partial charge in [0, 0.05) is 49.6 Å². The van der Waals surface area contributed by atoms with E-state index < -0.39 is 0 Å². The molecule has 0 N–H and O–H groups in total. The molecule has 239 valence electrons. The van der Waals surface area contributed by atoms with Gasteiger partial charge in [0.1, 0.15) is 0 Å². The van der Waals surface area contributed by atoms with Crippen molar-refractivity contribution in [3.8, 4) is 55.9 Å². The molecular weight excluding hydrogens is 775 g/mol. The van der Waals surface area contributed by atoms with E-state index >= 15 is 0 Å². The summed E-state index contributed by atoms with van der Waals surface area (Å²) in [5, 5.41) is 1.15. The molecule has 3 heterocycles. The fraction of sp³-hybridized carbons (Fsp3) is 0.0444. The number of pyridine rings is 3. The van der Waals surface area contributed by atoms with Crippen molar-refractivity contribution >= 4 is 10.9 Å². The number of benzene rings is 5. The van der Waals surface area contributed by atoms with Crippen molar-refractivity contribution < 1.29 is 20.1 Å². The predicted molar refractivity (Wildman–Crippen MR) is 198 cm³/mol. The van der Waals surface area contributed by atoms with Gasteiger partial charge in [0.25, 0.3) is 0 Å². The van der Waals surface area contributed by atoms with Gasteiger partial charge in [0.2, 0.25) is 0 Å². The number of hydrogen-bond acceptors (Lipinski definition) is 3. The molecule has 4 heteroatoms. The SMILES string of the molecule is Cc1ccc(-c2ccc(-c3cc[c-]c(-c4ccccn4)c3)c3c(-c4ccccc4)ccnc23)cc1.Cc1ccnc(-c2[c-]cccc2)c1.[Ir]. The summed E-state index contributed by atoms with van der Waals surface area (Å²) >= 11 is 0. The first-order chi connectivity index (χ1) is 23.6. The van der Waals surface area contributed by atoms with Gasteiger partial charge in [-0.05, 0) is 65.7 Å². The first-order valence-electron chi connectivity index (χ1n) is 16.0. The summed E-state index contributed by atoms with van der Waals surface area (Å²) in [6.07, 6.45) is 5.56. The summed E-state index contributed by atoms with van der Waals surface area (Å²) in [5.41, 5.74) is 14.3. The van der Waals surface area contributed by atoms with E-state index in [2.05, 4.69) is 127 Å². The van der Waals surface area contributed by atoms with Crippen molar-refractivity contribution in [2.45, 2.75) is 13.8 Å². The number of aryl methyl sites for hydroxylation is 2. The molecule has 3 aromatic heterocycles. The summed E-state index contributed by atoms with van der Waals surface area (Å²) < 4.78 is 0. The second kappa shape index (κ2) is 15.6. The number of nitrogens with zero attached hydrogens (tertiary/aromatic N) is 3. The average Bonchev–Trinajstić information content (AvgIpc) is 3.16. The zero-order valence-electron chi connectivity index (χ0n) is 27.3. The molecule has 0 aliphatic heterocycles. The topological polar surface area (TPSA) is 38.7 Å². The van der Waals surface area contributed by atoms with Crippen LogP contribution in [-0.2, 0) is 20.1 Å². The van der Waals surface area contributed by atoms with Crippen LogP contribution in [0.1, 0.15) is 11.1 Å². The molecule has 8 rings (SSSR count). The Bertz CT molecular complexity index is 2290. The first-order valence-corrected chi connectivity index (χ1v) is 16.0. The van der Waals surface area contributed by atoms with Crippen molar-refractivity contribution in [1.29, 1.82) is 0 Å². The minimum absolute atomic E-state index is 0. The third-order valence-corrected chi connectivity index (χ3v) is 8.29. The van der Waals surface area contributed by atoms with Crippen LogP contribution in [0.3, 0.4) is 0 Å². The minimum atomic E-state index is 0. The summed E-state index contributed by atoms with van der Waals surface area (Å²) in [5.74, 6) is 0. The van der Waals surface area contributed by atoms with Gasteiger partial charge in [-0.15, -0.1) is 71.3 Å². The van der Waals surface area contributed by atoms with Crippen molar-refractivity contribution in [2.75, 3.05) is 0 Å². The Morgan fingerprint density at radius 3 is 1.88 bits per heavy atom. The molecule has 0 aliphatic rings. The molecule has 49 heavy (non-hydrogen) atoms. The molecule has 0 saturated carbocycles. The number of fused-ring (bicyclic) bond motifs is 1. The molecule has 8 aromatic rings. The fourth-order valence-corrected chi connectivity index (χ4v) is 5.87. The van der Waals surface area contributed by atoms with Gasteiger partial charge in [-0.2, -0.15) is 0 Å². The molecule has 0 atom stereocenters. The van der Waals surface area contributed by atoms with Crippen LogP contribution in [0.25, 0.3) is 66.8 Å². The van der Waals surface area contributed by atoms with Gasteiger partial charge in [0.15, 0.2) is 0 Å². The average molecular weight is 808 g/mol. The minimum Gasteiger partial charge on any atom is -0.305 e. The van der Waals surface area contributed by atoms with Crippen LogP contribution in [0, 0.1) is 26.0 Å². The Hall–Kier alpha value is -5.54. The molecule has 0 saturated heterocycles. The molecule has 3 nitrogen and oxygen atoms in total. The molecule has 0 amide bonds. The van der Waals surface area contributed by atoms with Crippen LogP contribution in [0.2, 0.25) is 0 Å². The Morgan fingerprint density at radius 1 is 0.429 bits per heavy atom. The molecule has 0 spiro atoms. The van der Waals surface area contributed by atoms with E-state index in [0.29, 0.717) is 0 Å². The summed E-state index contributed by atoms with van der Waals surface area (Å²) in [7, 11) is 0. The molecule has 5 aromatic carbocycles. The van der Waals surface area contributed by atoms with E-state index in [1.807, 2.05) is 73.2 Å². The molecular formula is C45H33IrN3-2. The predicted octanol–water partition coefficient (Wildman–Crippen LogP) is 11.3. The standard InChI is InChI=1S/C33H23N2.C12H10N.Ir/c1-23-13-15-25(16-14-23)30-18-17-28(26-10-7-11-27(22-26)31-12-5-6-20-34-31)32-29(19-21-35-33(30)32)24-8-3-2-4-9-24;1-10-7-8-13-12(9-10)11-5-3-2-4-6-11;/h2-10,12-22H,1H3;2-5,7-9H,1H3;/q2*-1;. The second-order valence-electron chi connectivity index (χ2n) is 11.7. The van der Waals surface area contributed by atoms with Crippen LogP contribution in [0.15, 0.2) is 164 Å². The van der Waals surface area contributed by atoms with Crippen LogP contribution in [0.4, 0.5) is 0 Å². The van der Waals surface area contributed by atoms with Crippen LogP contribution in [-0.4, -0.2) is 15.0 Å². The van der Waals surface area contributed by atoms with E-state index in [9.17, 15) is 0 Å². The van der Waals surface area contributed by atoms with Gasteiger partial charge in [-0.3, -0.25) is 4.98 Å². The quantitative estimate of drug-likeness (QED) is 0.163. The van der Waals surface area contributed by atoms with Crippen LogP contribution < -0.4 is 0 Å². The van der Waals surface area contributed by atoms with Crippen LogP contribution in [0.5, 0.6) is 0 Å². The summed E-state index contributed by atoms with van der Waals surface area (Å²) in [6.45, 7) is 4.18. The van der Waals surface area contributed by atoms with Gasteiger partial charge >= 0.3 is 0 Å². The fourth-order valence-electron chi connectivity index (χ4n) is 5.87. The molecule has 0 unspecified atom stereocenters. The maximum absolute atomic E-state index is 4.91. The number of aromatic nitrogens is 3. The van der Waals surface area contributed by atoms with Gasteiger partial charge in [-0.25, -0.2) is 0 Å². The normalized spacial score (nSPS) is 10.5. The summed E-state index contributed by atoms with van der Waals surface area (Å²) in [6, 6.07) is 56.4.